The first kappa shape index (κ1) is 14.5. The summed E-state index contributed by atoms with van der Waals surface area (Å²) in [5, 5.41) is 9.98. The molecule has 0 saturated carbocycles. The standard InChI is InChI=1S/C9H18O2.Cu/c1-2-3-4-5-6-7-8-9(10)11;/h2-8H2,1H3,(H,10,11);/q;+1/p-1. The first-order chi connectivity index (χ1) is 5.27. The van der Waals surface area contributed by atoms with E-state index in [-0.39, 0.29) is 23.5 Å². The van der Waals surface area contributed by atoms with E-state index in [1.54, 1.807) is 0 Å². The predicted molar refractivity (Wildman–Crippen MR) is 43.0 cm³/mol. The maximum Gasteiger partial charge on any atom is 1.00 e. The Morgan fingerprint density at radius 2 is 1.58 bits per heavy atom. The molecule has 2 nitrogen and oxygen atoms in total. The molecule has 76 valence electrons. The molecule has 0 fully saturated rings. The average molecular weight is 221 g/mol. The Morgan fingerprint density at radius 1 is 1.08 bits per heavy atom. The van der Waals surface area contributed by atoms with Crippen LogP contribution in [0.1, 0.15) is 51.9 Å². The third-order valence-corrected chi connectivity index (χ3v) is 1.73. The number of aliphatic carboxylic acids is 1. The molecule has 3 heteroatoms. The molecule has 0 aliphatic heterocycles. The molecular weight excluding hydrogens is 204 g/mol. The van der Waals surface area contributed by atoms with E-state index in [1.165, 1.54) is 25.7 Å². The third-order valence-electron chi connectivity index (χ3n) is 1.73. The molecule has 0 N–H and O–H groups in total. The second-order valence-electron chi connectivity index (χ2n) is 2.89. The Hall–Kier alpha value is -0.0105. The summed E-state index contributed by atoms with van der Waals surface area (Å²) in [4.78, 5) is 9.98. The van der Waals surface area contributed by atoms with Gasteiger partial charge in [0, 0.05) is 5.97 Å². The zero-order valence-electron chi connectivity index (χ0n) is 7.57. The van der Waals surface area contributed by atoms with Crippen LogP contribution in [-0.2, 0) is 21.9 Å². The Bertz CT molecular complexity index is 105. The third kappa shape index (κ3) is 12.6. The van der Waals surface area contributed by atoms with Crippen molar-refractivity contribution in [3.63, 3.8) is 0 Å². The van der Waals surface area contributed by atoms with Gasteiger partial charge >= 0.3 is 17.1 Å². The van der Waals surface area contributed by atoms with Gasteiger partial charge in [-0.25, -0.2) is 0 Å². The minimum Gasteiger partial charge on any atom is -0.550 e. The summed E-state index contributed by atoms with van der Waals surface area (Å²) in [6, 6.07) is 0. The summed E-state index contributed by atoms with van der Waals surface area (Å²) in [7, 11) is 0. The topological polar surface area (TPSA) is 40.1 Å². The molecule has 0 radical (unpaired) electrons. The van der Waals surface area contributed by atoms with Crippen LogP contribution in [0, 0.1) is 0 Å². The van der Waals surface area contributed by atoms with Crippen molar-refractivity contribution in [2.24, 2.45) is 0 Å². The van der Waals surface area contributed by atoms with Gasteiger partial charge in [-0.15, -0.1) is 0 Å². The normalized spacial score (nSPS) is 9.08. The second-order valence-corrected chi connectivity index (χ2v) is 2.89. The molecule has 12 heavy (non-hydrogen) atoms. The van der Waals surface area contributed by atoms with Crippen molar-refractivity contribution in [2.75, 3.05) is 0 Å². The van der Waals surface area contributed by atoms with E-state index in [0.29, 0.717) is 0 Å². The molecule has 0 aromatic carbocycles. The fraction of sp³-hybridized carbons (Fsp3) is 0.889. The van der Waals surface area contributed by atoms with Crippen LogP contribution in [0.3, 0.4) is 0 Å². The number of carboxylic acids is 1. The molecule has 0 bridgehead atoms. The van der Waals surface area contributed by atoms with Crippen molar-refractivity contribution in [2.45, 2.75) is 51.9 Å². The largest absolute Gasteiger partial charge is 1.00 e. The molecule has 0 aromatic rings. The second kappa shape index (κ2) is 11.0. The van der Waals surface area contributed by atoms with Gasteiger partial charge in [0.15, 0.2) is 0 Å². The van der Waals surface area contributed by atoms with Crippen LogP contribution in [0.15, 0.2) is 0 Å². The quantitative estimate of drug-likeness (QED) is 0.482. The van der Waals surface area contributed by atoms with Crippen LogP contribution >= 0.6 is 0 Å². The van der Waals surface area contributed by atoms with Gasteiger partial charge in [-0.3, -0.25) is 0 Å². The molecule has 0 aliphatic rings. The van der Waals surface area contributed by atoms with Crippen molar-refractivity contribution in [3.8, 4) is 0 Å². The SMILES string of the molecule is CCCCCCCCC(=O)[O-].[Cu+]. The Morgan fingerprint density at radius 3 is 2.08 bits per heavy atom. The van der Waals surface area contributed by atoms with Crippen LogP contribution in [0.2, 0.25) is 0 Å². The maximum absolute atomic E-state index is 9.98. The van der Waals surface area contributed by atoms with Gasteiger partial charge < -0.3 is 9.90 Å². The summed E-state index contributed by atoms with van der Waals surface area (Å²) in [6.07, 6.45) is 6.96. The maximum atomic E-state index is 9.98. The van der Waals surface area contributed by atoms with Gasteiger partial charge in [0.1, 0.15) is 0 Å². The Balaban J connectivity index is 0. The van der Waals surface area contributed by atoms with Crippen LogP contribution in [0.5, 0.6) is 0 Å². The van der Waals surface area contributed by atoms with Crippen LogP contribution < -0.4 is 5.11 Å². The van der Waals surface area contributed by atoms with Crippen LogP contribution in [0.25, 0.3) is 0 Å². The van der Waals surface area contributed by atoms with Gasteiger partial charge in [-0.05, 0) is 12.8 Å². The summed E-state index contributed by atoms with van der Waals surface area (Å²) >= 11 is 0. The summed E-state index contributed by atoms with van der Waals surface area (Å²) < 4.78 is 0. The van der Waals surface area contributed by atoms with Gasteiger partial charge in [0.25, 0.3) is 0 Å². The molecule has 0 saturated heterocycles. The Kier molecular flexibility index (Phi) is 13.3. The molecule has 0 unspecified atom stereocenters. The zero-order valence-corrected chi connectivity index (χ0v) is 8.51. The van der Waals surface area contributed by atoms with E-state index in [1.807, 2.05) is 0 Å². The van der Waals surface area contributed by atoms with E-state index >= 15 is 0 Å². The number of carboxylic acid groups (broad SMARTS) is 1. The van der Waals surface area contributed by atoms with Crippen molar-refractivity contribution >= 4 is 5.97 Å². The van der Waals surface area contributed by atoms with E-state index in [9.17, 15) is 9.90 Å². The predicted octanol–water partition coefficient (Wildman–Crippen LogP) is 1.48. The molecule has 0 aliphatic carbocycles. The molecule has 0 amide bonds. The van der Waals surface area contributed by atoms with Gasteiger partial charge in [0.2, 0.25) is 0 Å². The van der Waals surface area contributed by atoms with Crippen molar-refractivity contribution in [3.05, 3.63) is 0 Å². The van der Waals surface area contributed by atoms with Crippen LogP contribution in [-0.4, -0.2) is 5.97 Å². The van der Waals surface area contributed by atoms with Crippen LogP contribution in [0.4, 0.5) is 0 Å². The molecular formula is C9H17CuO2. The number of hydrogen-bond acceptors (Lipinski definition) is 2. The number of hydrogen-bond donors (Lipinski definition) is 0. The summed E-state index contributed by atoms with van der Waals surface area (Å²) in [6.45, 7) is 2.17. The number of rotatable bonds is 7. The minimum absolute atomic E-state index is 0. The van der Waals surface area contributed by atoms with Gasteiger partial charge in [-0.2, -0.15) is 0 Å². The van der Waals surface area contributed by atoms with E-state index in [2.05, 4.69) is 6.92 Å². The van der Waals surface area contributed by atoms with Crippen molar-refractivity contribution in [1.29, 1.82) is 0 Å². The van der Waals surface area contributed by atoms with Gasteiger partial charge in [0.05, 0.1) is 0 Å². The summed E-state index contributed by atoms with van der Waals surface area (Å²) in [5.41, 5.74) is 0. The first-order valence-electron chi connectivity index (χ1n) is 4.47. The molecule has 0 aromatic heterocycles. The Labute approximate surface area is 85.2 Å². The minimum atomic E-state index is -0.916. The fourth-order valence-electron chi connectivity index (χ4n) is 1.05. The first-order valence-corrected chi connectivity index (χ1v) is 4.47. The fourth-order valence-corrected chi connectivity index (χ4v) is 1.05. The zero-order chi connectivity index (χ0) is 8.53. The molecule has 0 spiro atoms. The molecule has 0 heterocycles. The smallest absolute Gasteiger partial charge is 0.550 e. The van der Waals surface area contributed by atoms with E-state index < -0.39 is 5.97 Å². The number of carbonyl (C=O) groups excluding carboxylic acids is 1. The number of unbranched alkanes of at least 4 members (excludes halogenated alkanes) is 5. The molecule has 0 atom stereocenters. The van der Waals surface area contributed by atoms with E-state index in [0.717, 1.165) is 12.8 Å². The molecule has 0 rings (SSSR count). The summed E-state index contributed by atoms with van der Waals surface area (Å²) in [5.74, 6) is -0.916. The van der Waals surface area contributed by atoms with E-state index in [4.69, 9.17) is 0 Å². The average Bonchev–Trinajstić information content (AvgIpc) is 1.96. The number of carbonyl (C=O) groups is 1. The van der Waals surface area contributed by atoms with Gasteiger partial charge in [-0.1, -0.05) is 39.0 Å². The van der Waals surface area contributed by atoms with Crippen molar-refractivity contribution in [1.82, 2.24) is 0 Å². The monoisotopic (exact) mass is 220 g/mol. The van der Waals surface area contributed by atoms with Crippen molar-refractivity contribution < 1.29 is 27.0 Å².